The smallest absolute Gasteiger partial charge is 0.251 e. The number of rotatable bonds is 22. The Bertz CT molecular complexity index is 2370. The summed E-state index contributed by atoms with van der Waals surface area (Å²) in [7, 11) is 0. The molecule has 6 rings (SSSR count). The number of aryl methyl sites for hydroxylation is 2. The van der Waals surface area contributed by atoms with Gasteiger partial charge in [0, 0.05) is 60.1 Å². The summed E-state index contributed by atoms with van der Waals surface area (Å²) in [5.74, 6) is 0.908. The summed E-state index contributed by atoms with van der Waals surface area (Å²) >= 11 is 0. The fourth-order valence-corrected chi connectivity index (χ4v) is 6.00. The van der Waals surface area contributed by atoms with E-state index in [0.717, 1.165) is 33.6 Å². The van der Waals surface area contributed by atoms with Crippen molar-refractivity contribution in [1.82, 2.24) is 40.5 Å². The lowest BCUT2D eigenvalue weighted by molar-refractivity contribution is 0.0937. The van der Waals surface area contributed by atoms with E-state index in [1.54, 1.807) is 48.5 Å². The lowest BCUT2D eigenvalue weighted by Crippen LogP contribution is -2.26. The van der Waals surface area contributed by atoms with Gasteiger partial charge in [0.2, 0.25) is 35.7 Å². The second-order valence-corrected chi connectivity index (χ2v) is 14.0. The van der Waals surface area contributed by atoms with Gasteiger partial charge in [-0.05, 0) is 109 Å². The Morgan fingerprint density at radius 3 is 1.08 bits per heavy atom. The fourth-order valence-electron chi connectivity index (χ4n) is 6.00. The van der Waals surface area contributed by atoms with Crippen molar-refractivity contribution in [2.24, 2.45) is 0 Å². The summed E-state index contributed by atoms with van der Waals surface area (Å²) in [5, 5.41) is 60.6. The lowest BCUT2D eigenvalue weighted by atomic mass is 10.0. The van der Waals surface area contributed by atoms with Crippen molar-refractivity contribution in [1.29, 1.82) is 0 Å². The van der Waals surface area contributed by atoms with Crippen LogP contribution in [0.5, 0.6) is 0 Å². The monoisotopic (exact) mass is 870 g/mol. The zero-order valence-corrected chi connectivity index (χ0v) is 35.2. The summed E-state index contributed by atoms with van der Waals surface area (Å²) in [6.07, 6.45) is 4.07. The third-order valence-corrected chi connectivity index (χ3v) is 9.16. The molecule has 0 aliphatic heterocycles. The van der Waals surface area contributed by atoms with Crippen LogP contribution in [-0.2, 0) is 0 Å². The highest BCUT2D eigenvalue weighted by Crippen LogP contribution is 2.25. The van der Waals surface area contributed by atoms with Gasteiger partial charge in [0.05, 0.1) is 26.4 Å². The Morgan fingerprint density at radius 1 is 0.438 bits per heavy atom. The number of carbonyl (C=O) groups is 2. The van der Waals surface area contributed by atoms with Crippen molar-refractivity contribution in [2.75, 3.05) is 84.5 Å². The van der Waals surface area contributed by atoms with E-state index >= 15 is 0 Å². The summed E-state index contributed by atoms with van der Waals surface area (Å²) in [4.78, 5) is 51.3. The van der Waals surface area contributed by atoms with Crippen LogP contribution in [0.25, 0.3) is 12.2 Å². The molecule has 332 valence electrons. The number of aliphatic hydroxyl groups is 4. The maximum Gasteiger partial charge on any atom is 0.251 e. The van der Waals surface area contributed by atoms with Crippen molar-refractivity contribution >= 4 is 82.4 Å². The minimum absolute atomic E-state index is 0.118. The van der Waals surface area contributed by atoms with Crippen LogP contribution in [0, 0.1) is 13.8 Å². The number of hydrogen-bond donors (Lipinski definition) is 12. The number of aliphatic hydroxyl groups excluding tert-OH is 4. The Labute approximate surface area is 368 Å². The summed E-state index contributed by atoms with van der Waals surface area (Å²) in [6, 6.07) is 25.2. The molecule has 20 heteroatoms. The molecule has 0 radical (unpaired) electrons. The molecule has 2 amide bonds. The maximum atomic E-state index is 12.2. The zero-order valence-electron chi connectivity index (χ0n) is 35.2. The van der Waals surface area contributed by atoms with Crippen LogP contribution in [0.15, 0.2) is 84.9 Å². The van der Waals surface area contributed by atoms with E-state index in [1.165, 1.54) is 0 Å². The number of anilines is 10. The van der Waals surface area contributed by atoms with Gasteiger partial charge in [-0.2, -0.15) is 29.9 Å². The molecule has 6 aromatic rings. The third kappa shape index (κ3) is 13.4. The standard InChI is InChI=1S/C44H50N14O6/c1-27-25-35(51-43-55-39(47-19-23-61)53-41(57-43)49-33-11-7-31(8-12-33)37(63)45-17-21-59)15-5-29(27)3-4-30-6-16-36(26-28(30)2)52-44-56-40(48-20-24-62)54-42(58-44)50-34-13-9-32(10-14-34)38(64)46-18-22-60/h3-16,25-26,59-62H,17-24H2,1-2H3,(H,45,63)(H,46,64)(H3,47,49,51,53,55,57)(H3,48,50,52,54,56,58). The van der Waals surface area contributed by atoms with Gasteiger partial charge in [0.15, 0.2) is 0 Å². The molecule has 0 aliphatic rings. The number of carbonyl (C=O) groups excluding carboxylic acids is 2. The summed E-state index contributed by atoms with van der Waals surface area (Å²) in [6.45, 7) is 4.26. The molecule has 0 saturated heterocycles. The average molecular weight is 871 g/mol. The van der Waals surface area contributed by atoms with Crippen molar-refractivity contribution in [3.8, 4) is 0 Å². The molecule has 0 saturated carbocycles. The first-order valence-electron chi connectivity index (χ1n) is 20.3. The molecule has 4 aromatic carbocycles. The Hall–Kier alpha value is -7.78. The molecule has 0 unspecified atom stereocenters. The van der Waals surface area contributed by atoms with Crippen LogP contribution in [0.3, 0.4) is 0 Å². The molecule has 2 heterocycles. The Kier molecular flexibility index (Phi) is 16.4. The van der Waals surface area contributed by atoms with E-state index in [0.29, 0.717) is 22.5 Å². The summed E-state index contributed by atoms with van der Waals surface area (Å²) < 4.78 is 0. The number of nitrogens with zero attached hydrogens (tertiary/aromatic N) is 6. The predicted molar refractivity (Wildman–Crippen MR) is 247 cm³/mol. The van der Waals surface area contributed by atoms with E-state index in [-0.39, 0.29) is 100 Å². The van der Waals surface area contributed by atoms with Crippen molar-refractivity contribution < 1.29 is 30.0 Å². The number of benzene rings is 4. The van der Waals surface area contributed by atoms with Crippen molar-refractivity contribution in [2.45, 2.75) is 13.8 Å². The highest BCUT2D eigenvalue weighted by Gasteiger charge is 2.12. The fraction of sp³-hybridized carbons (Fsp3) is 0.227. The first kappa shape index (κ1) is 45.7. The van der Waals surface area contributed by atoms with Gasteiger partial charge in [-0.3, -0.25) is 9.59 Å². The highest BCUT2D eigenvalue weighted by atomic mass is 16.3. The first-order valence-corrected chi connectivity index (χ1v) is 20.3. The van der Waals surface area contributed by atoms with Gasteiger partial charge >= 0.3 is 0 Å². The number of nitrogens with one attached hydrogen (secondary N) is 8. The molecule has 20 nitrogen and oxygen atoms in total. The van der Waals surface area contributed by atoms with Crippen molar-refractivity contribution in [3.63, 3.8) is 0 Å². The molecular weight excluding hydrogens is 821 g/mol. The van der Waals surface area contributed by atoms with Gasteiger partial charge in [-0.15, -0.1) is 0 Å². The second-order valence-electron chi connectivity index (χ2n) is 14.0. The van der Waals surface area contributed by atoms with E-state index < -0.39 is 0 Å². The third-order valence-electron chi connectivity index (χ3n) is 9.16. The lowest BCUT2D eigenvalue weighted by Gasteiger charge is -2.13. The van der Waals surface area contributed by atoms with E-state index in [1.807, 2.05) is 62.4 Å². The SMILES string of the molecule is Cc1cc(Nc2nc(NCCO)nc(Nc3ccc(C(=O)NCCO)cc3)n2)ccc1C=Cc1ccc(Nc2nc(NCCO)nc(Nc3ccc(C(=O)NCCO)cc3)n2)cc1C. The molecule has 0 aliphatic carbocycles. The molecule has 64 heavy (non-hydrogen) atoms. The molecule has 0 spiro atoms. The minimum Gasteiger partial charge on any atom is -0.395 e. The van der Waals surface area contributed by atoms with Crippen LogP contribution in [0.4, 0.5) is 58.4 Å². The van der Waals surface area contributed by atoms with Gasteiger partial charge < -0.3 is 63.0 Å². The first-order chi connectivity index (χ1) is 31.1. The van der Waals surface area contributed by atoms with Gasteiger partial charge in [0.1, 0.15) is 0 Å². The molecule has 0 bridgehead atoms. The maximum absolute atomic E-state index is 12.2. The highest BCUT2D eigenvalue weighted by molar-refractivity contribution is 5.95. The largest absolute Gasteiger partial charge is 0.395 e. The molecule has 12 N–H and O–H groups in total. The second kappa shape index (κ2) is 22.9. The van der Waals surface area contributed by atoms with Gasteiger partial charge in [-0.25, -0.2) is 0 Å². The van der Waals surface area contributed by atoms with Crippen LogP contribution in [0.2, 0.25) is 0 Å². The van der Waals surface area contributed by atoms with E-state index in [9.17, 15) is 19.8 Å². The average Bonchev–Trinajstić information content (AvgIpc) is 3.29. The Morgan fingerprint density at radius 2 is 0.750 bits per heavy atom. The zero-order chi connectivity index (χ0) is 45.3. The summed E-state index contributed by atoms with van der Waals surface area (Å²) in [5.41, 5.74) is 7.62. The normalized spacial score (nSPS) is 10.9. The predicted octanol–water partition coefficient (Wildman–Crippen LogP) is 4.07. The van der Waals surface area contributed by atoms with E-state index in [4.69, 9.17) is 10.2 Å². The van der Waals surface area contributed by atoms with Crippen LogP contribution in [0.1, 0.15) is 43.0 Å². The molecule has 0 fully saturated rings. The molecule has 0 atom stereocenters. The van der Waals surface area contributed by atoms with E-state index in [2.05, 4.69) is 72.4 Å². The topological polar surface area (TPSA) is 289 Å². The van der Waals surface area contributed by atoms with Gasteiger partial charge in [-0.1, -0.05) is 24.3 Å². The molecule has 2 aromatic heterocycles. The number of aromatic nitrogens is 6. The quantitative estimate of drug-likeness (QED) is 0.0428. The van der Waals surface area contributed by atoms with Crippen molar-refractivity contribution in [3.05, 3.63) is 118 Å². The van der Waals surface area contributed by atoms with Crippen LogP contribution < -0.4 is 42.5 Å². The van der Waals surface area contributed by atoms with Gasteiger partial charge in [0.25, 0.3) is 11.8 Å². The minimum atomic E-state index is -0.296. The van der Waals surface area contributed by atoms with Crippen LogP contribution in [-0.4, -0.2) is 115 Å². The van der Waals surface area contributed by atoms with Crippen LogP contribution >= 0.6 is 0 Å². The number of amides is 2. The molecular formula is C44H50N14O6. The Balaban J connectivity index is 1.11. The number of hydrogen-bond acceptors (Lipinski definition) is 18.